The molecule has 156 valence electrons. The summed E-state index contributed by atoms with van der Waals surface area (Å²) in [6.07, 6.45) is 5.41. The molecule has 0 atom stereocenters. The van der Waals surface area contributed by atoms with Crippen molar-refractivity contribution in [1.82, 2.24) is 24.6 Å². The fourth-order valence-electron chi connectivity index (χ4n) is 3.42. The van der Waals surface area contributed by atoms with Crippen LogP contribution in [0.4, 0.5) is 4.39 Å². The molecule has 0 bridgehead atoms. The van der Waals surface area contributed by atoms with Crippen molar-refractivity contribution >= 4 is 5.91 Å². The first kappa shape index (κ1) is 19.8. The number of hydrogen-bond acceptors (Lipinski definition) is 6. The summed E-state index contributed by atoms with van der Waals surface area (Å²) < 4.78 is 26.2. The SMILES string of the molecule is CCn1nc(COc2cnccn2)c2c1CCN(C(=O)COc1ccc(F)cc1)C2. The molecule has 0 radical (unpaired) electrons. The fourth-order valence-corrected chi connectivity index (χ4v) is 3.42. The third-order valence-electron chi connectivity index (χ3n) is 4.94. The average molecular weight is 411 g/mol. The third-order valence-corrected chi connectivity index (χ3v) is 4.94. The van der Waals surface area contributed by atoms with Gasteiger partial charge in [-0.3, -0.25) is 14.5 Å². The van der Waals surface area contributed by atoms with E-state index >= 15 is 0 Å². The van der Waals surface area contributed by atoms with Crippen molar-refractivity contribution < 1.29 is 18.7 Å². The molecule has 0 saturated heterocycles. The van der Waals surface area contributed by atoms with E-state index in [4.69, 9.17) is 9.47 Å². The van der Waals surface area contributed by atoms with Gasteiger partial charge in [0.05, 0.1) is 6.20 Å². The number of ether oxygens (including phenoxy) is 2. The Balaban J connectivity index is 1.43. The van der Waals surface area contributed by atoms with E-state index in [0.29, 0.717) is 31.1 Å². The zero-order valence-electron chi connectivity index (χ0n) is 16.6. The van der Waals surface area contributed by atoms with Gasteiger partial charge in [0.25, 0.3) is 5.91 Å². The highest BCUT2D eigenvalue weighted by Gasteiger charge is 2.27. The zero-order valence-corrected chi connectivity index (χ0v) is 16.6. The van der Waals surface area contributed by atoms with Crippen LogP contribution in [0.15, 0.2) is 42.9 Å². The average Bonchev–Trinajstić information content (AvgIpc) is 3.15. The van der Waals surface area contributed by atoms with Crippen LogP contribution in [0, 0.1) is 5.82 Å². The Morgan fingerprint density at radius 3 is 2.77 bits per heavy atom. The molecule has 8 nitrogen and oxygen atoms in total. The van der Waals surface area contributed by atoms with Crippen LogP contribution >= 0.6 is 0 Å². The molecule has 0 aliphatic carbocycles. The number of carbonyl (C=O) groups excluding carboxylic acids is 1. The summed E-state index contributed by atoms with van der Waals surface area (Å²) in [6.45, 7) is 3.97. The van der Waals surface area contributed by atoms with E-state index in [-0.39, 0.29) is 24.9 Å². The smallest absolute Gasteiger partial charge is 0.260 e. The van der Waals surface area contributed by atoms with Crippen LogP contribution in [0.5, 0.6) is 11.6 Å². The van der Waals surface area contributed by atoms with E-state index in [9.17, 15) is 9.18 Å². The van der Waals surface area contributed by atoms with Gasteiger partial charge in [-0.2, -0.15) is 5.10 Å². The highest BCUT2D eigenvalue weighted by Crippen LogP contribution is 2.24. The Kier molecular flexibility index (Phi) is 5.87. The van der Waals surface area contributed by atoms with Crippen LogP contribution in [0.3, 0.4) is 0 Å². The maximum Gasteiger partial charge on any atom is 0.260 e. The van der Waals surface area contributed by atoms with Gasteiger partial charge < -0.3 is 14.4 Å². The van der Waals surface area contributed by atoms with Crippen LogP contribution in [-0.4, -0.2) is 43.7 Å². The van der Waals surface area contributed by atoms with E-state index in [2.05, 4.69) is 15.1 Å². The lowest BCUT2D eigenvalue weighted by Gasteiger charge is -2.28. The summed E-state index contributed by atoms with van der Waals surface area (Å²) in [5.41, 5.74) is 2.91. The van der Waals surface area contributed by atoms with Gasteiger partial charge in [0.2, 0.25) is 5.88 Å². The Bertz CT molecular complexity index is 1010. The molecule has 2 aromatic heterocycles. The minimum Gasteiger partial charge on any atom is -0.484 e. The van der Waals surface area contributed by atoms with Crippen molar-refractivity contribution in [3.8, 4) is 11.6 Å². The van der Waals surface area contributed by atoms with Gasteiger partial charge in [-0.15, -0.1) is 0 Å². The maximum absolute atomic E-state index is 13.0. The first-order valence-corrected chi connectivity index (χ1v) is 9.76. The van der Waals surface area contributed by atoms with Crippen molar-refractivity contribution in [2.45, 2.75) is 33.0 Å². The number of benzene rings is 1. The molecular weight excluding hydrogens is 389 g/mol. The monoisotopic (exact) mass is 411 g/mol. The first-order chi connectivity index (χ1) is 14.6. The molecule has 1 aliphatic heterocycles. The van der Waals surface area contributed by atoms with E-state index in [1.165, 1.54) is 24.3 Å². The molecule has 0 unspecified atom stereocenters. The minimum absolute atomic E-state index is 0.103. The normalized spacial score (nSPS) is 13.1. The number of carbonyl (C=O) groups is 1. The van der Waals surface area contributed by atoms with Crippen LogP contribution in [0.25, 0.3) is 0 Å². The lowest BCUT2D eigenvalue weighted by atomic mass is 10.1. The minimum atomic E-state index is -0.346. The lowest BCUT2D eigenvalue weighted by molar-refractivity contribution is -0.134. The second kappa shape index (κ2) is 8.89. The molecule has 1 aromatic carbocycles. The van der Waals surface area contributed by atoms with Crippen LogP contribution in [0.1, 0.15) is 23.9 Å². The number of fused-ring (bicyclic) bond motifs is 1. The van der Waals surface area contributed by atoms with Crippen molar-refractivity contribution in [3.63, 3.8) is 0 Å². The molecular formula is C21H22FN5O3. The molecule has 0 saturated carbocycles. The predicted molar refractivity (Wildman–Crippen MR) is 105 cm³/mol. The van der Waals surface area contributed by atoms with Crippen LogP contribution in [0.2, 0.25) is 0 Å². The van der Waals surface area contributed by atoms with Gasteiger partial charge in [-0.1, -0.05) is 0 Å². The quantitative estimate of drug-likeness (QED) is 0.594. The Morgan fingerprint density at radius 2 is 2.03 bits per heavy atom. The zero-order chi connectivity index (χ0) is 20.9. The summed E-state index contributed by atoms with van der Waals surface area (Å²) in [7, 11) is 0. The molecule has 1 amide bonds. The number of rotatable bonds is 7. The van der Waals surface area contributed by atoms with Crippen molar-refractivity contribution in [2.75, 3.05) is 13.2 Å². The van der Waals surface area contributed by atoms with Crippen molar-refractivity contribution in [3.05, 3.63) is 65.6 Å². The van der Waals surface area contributed by atoms with E-state index < -0.39 is 0 Å². The summed E-state index contributed by atoms with van der Waals surface area (Å²) in [4.78, 5) is 22.5. The molecule has 3 aromatic rings. The second-order valence-corrected chi connectivity index (χ2v) is 6.83. The molecule has 0 fully saturated rings. The van der Waals surface area contributed by atoms with Gasteiger partial charge in [0.15, 0.2) is 6.61 Å². The van der Waals surface area contributed by atoms with Crippen LogP contribution in [-0.2, 0) is 30.9 Å². The Labute approximate surface area is 173 Å². The Morgan fingerprint density at radius 1 is 1.20 bits per heavy atom. The Hall–Kier alpha value is -3.49. The van der Waals surface area contributed by atoms with Gasteiger partial charge >= 0.3 is 0 Å². The standard InChI is InChI=1S/C21H22FN5O3/c1-2-27-19-7-10-26(21(28)14-29-16-5-3-15(22)4-6-16)12-17(19)18(25-27)13-30-20-11-23-8-9-24-20/h3-6,8-9,11H,2,7,10,12-14H2,1H3. The number of aryl methyl sites for hydroxylation is 1. The topological polar surface area (TPSA) is 82.4 Å². The van der Waals surface area contributed by atoms with Gasteiger partial charge in [-0.25, -0.2) is 9.37 Å². The number of nitrogens with zero attached hydrogens (tertiary/aromatic N) is 5. The lowest BCUT2D eigenvalue weighted by Crippen LogP contribution is -2.39. The number of halogens is 1. The van der Waals surface area contributed by atoms with E-state index in [0.717, 1.165) is 23.5 Å². The van der Waals surface area contributed by atoms with E-state index in [1.54, 1.807) is 23.5 Å². The molecule has 9 heteroatoms. The molecule has 0 spiro atoms. The van der Waals surface area contributed by atoms with Gasteiger partial charge in [0.1, 0.15) is 23.9 Å². The summed E-state index contributed by atoms with van der Waals surface area (Å²) in [5.74, 6) is 0.407. The maximum atomic E-state index is 13.0. The largest absolute Gasteiger partial charge is 0.484 e. The first-order valence-electron chi connectivity index (χ1n) is 9.76. The van der Waals surface area contributed by atoms with Crippen LogP contribution < -0.4 is 9.47 Å². The highest BCUT2D eigenvalue weighted by molar-refractivity contribution is 5.78. The molecule has 30 heavy (non-hydrogen) atoms. The van der Waals surface area contributed by atoms with Gasteiger partial charge in [0, 0.05) is 49.7 Å². The molecule has 4 rings (SSSR count). The van der Waals surface area contributed by atoms with Gasteiger partial charge in [-0.05, 0) is 31.2 Å². The molecule has 0 N–H and O–H groups in total. The van der Waals surface area contributed by atoms with Crippen molar-refractivity contribution in [1.29, 1.82) is 0 Å². The highest BCUT2D eigenvalue weighted by atomic mass is 19.1. The number of aromatic nitrogens is 4. The summed E-state index contributed by atoms with van der Waals surface area (Å²) in [5, 5.41) is 4.66. The fraction of sp³-hybridized carbons (Fsp3) is 0.333. The number of hydrogen-bond donors (Lipinski definition) is 0. The second-order valence-electron chi connectivity index (χ2n) is 6.83. The summed E-state index contributed by atoms with van der Waals surface area (Å²) >= 11 is 0. The molecule has 1 aliphatic rings. The van der Waals surface area contributed by atoms with Crippen molar-refractivity contribution in [2.24, 2.45) is 0 Å². The third kappa shape index (κ3) is 4.40. The molecule has 3 heterocycles. The van der Waals surface area contributed by atoms with E-state index in [1.807, 2.05) is 11.6 Å². The predicted octanol–water partition coefficient (Wildman–Crippen LogP) is 2.37. The number of amides is 1. The summed E-state index contributed by atoms with van der Waals surface area (Å²) in [6, 6.07) is 5.61.